The Labute approximate surface area is 170 Å². The lowest BCUT2D eigenvalue weighted by Crippen LogP contribution is -3.11. The number of hydrogen-bond acceptors (Lipinski definition) is 4. The van der Waals surface area contributed by atoms with Gasteiger partial charge in [-0.15, -0.1) is 0 Å². The molecule has 4 rings (SSSR count). The first kappa shape index (κ1) is 19.5. The molecule has 7 nitrogen and oxygen atoms in total. The van der Waals surface area contributed by atoms with Crippen molar-refractivity contribution in [1.29, 1.82) is 5.41 Å². The van der Waals surface area contributed by atoms with Crippen LogP contribution in [-0.4, -0.2) is 40.7 Å². The van der Waals surface area contributed by atoms with Crippen molar-refractivity contribution in [2.24, 2.45) is 0 Å². The number of aliphatic hydroxyl groups excluding tert-OH is 1. The maximum absolute atomic E-state index is 10.9. The first-order chi connectivity index (χ1) is 14.1. The summed E-state index contributed by atoms with van der Waals surface area (Å²) >= 11 is 0. The second-order valence-corrected chi connectivity index (χ2v) is 7.41. The average Bonchev–Trinajstić information content (AvgIpc) is 3.32. The van der Waals surface area contributed by atoms with Crippen molar-refractivity contribution in [2.75, 3.05) is 26.4 Å². The number of imidazole rings is 1. The van der Waals surface area contributed by atoms with Crippen molar-refractivity contribution in [1.82, 2.24) is 9.13 Å². The number of nitrogens with one attached hydrogen (secondary N) is 2. The first-order valence-corrected chi connectivity index (χ1v) is 10.3. The van der Waals surface area contributed by atoms with Crippen LogP contribution < -0.4 is 20.0 Å². The van der Waals surface area contributed by atoms with Gasteiger partial charge in [-0.05, 0) is 43.7 Å². The van der Waals surface area contributed by atoms with Crippen LogP contribution in [0.3, 0.4) is 0 Å². The third-order valence-corrected chi connectivity index (χ3v) is 5.80. The number of aliphatic hydroxyl groups is 1. The number of likely N-dealkylation sites (N-methyl/N-ethyl adjacent to an activating group) is 1. The van der Waals surface area contributed by atoms with Crippen LogP contribution in [-0.2, 0) is 13.1 Å². The van der Waals surface area contributed by atoms with Crippen LogP contribution in [0.5, 0.6) is 11.5 Å². The van der Waals surface area contributed by atoms with Gasteiger partial charge in [0.05, 0.1) is 49.9 Å². The Hall–Kier alpha value is -2.77. The summed E-state index contributed by atoms with van der Waals surface area (Å²) in [6.45, 7) is 8.81. The molecule has 0 saturated carbocycles. The number of rotatable bonds is 8. The van der Waals surface area contributed by atoms with Gasteiger partial charge in [0.15, 0.2) is 11.5 Å². The molecule has 7 heteroatoms. The quantitative estimate of drug-likeness (QED) is 0.536. The molecule has 2 heterocycles. The lowest BCUT2D eigenvalue weighted by molar-refractivity contribution is -0.897. The fourth-order valence-corrected chi connectivity index (χ4v) is 3.98. The molecule has 1 aliphatic heterocycles. The Morgan fingerprint density at radius 2 is 1.72 bits per heavy atom. The Bertz CT molecular complexity index is 1050. The van der Waals surface area contributed by atoms with Crippen molar-refractivity contribution >= 4 is 11.0 Å². The number of nitrogens with zero attached hydrogens (tertiary/aromatic N) is 2. The van der Waals surface area contributed by atoms with E-state index >= 15 is 0 Å². The Balaban J connectivity index is 1.63. The molecular weight excluding hydrogens is 368 g/mol. The summed E-state index contributed by atoms with van der Waals surface area (Å²) in [6.07, 6.45) is -0.744. The number of hydrogen-bond donors (Lipinski definition) is 3. The van der Waals surface area contributed by atoms with E-state index in [1.165, 1.54) is 4.90 Å². The molecule has 0 bridgehead atoms. The van der Waals surface area contributed by atoms with Gasteiger partial charge in [0.1, 0.15) is 0 Å². The highest BCUT2D eigenvalue weighted by atomic mass is 16.7. The largest absolute Gasteiger partial charge is 0.454 e. The Morgan fingerprint density at radius 1 is 1.03 bits per heavy atom. The van der Waals surface area contributed by atoms with E-state index in [4.69, 9.17) is 14.9 Å². The maximum atomic E-state index is 10.9. The molecule has 3 aromatic rings. The first-order valence-electron chi connectivity index (χ1n) is 10.3. The van der Waals surface area contributed by atoms with E-state index in [1.807, 2.05) is 51.6 Å². The summed E-state index contributed by atoms with van der Waals surface area (Å²) in [7, 11) is 0. The minimum absolute atomic E-state index is 0.211. The highest BCUT2D eigenvalue weighted by Crippen LogP contribution is 2.34. The molecule has 0 aliphatic carbocycles. The van der Waals surface area contributed by atoms with E-state index in [0.29, 0.717) is 23.7 Å². The van der Waals surface area contributed by atoms with Crippen LogP contribution in [0.25, 0.3) is 11.0 Å². The predicted octanol–water partition coefficient (Wildman–Crippen LogP) is 1.31. The minimum Gasteiger partial charge on any atom is -0.454 e. The van der Waals surface area contributed by atoms with Crippen molar-refractivity contribution in [3.8, 4) is 11.5 Å². The molecular formula is C22H29N4O3+. The van der Waals surface area contributed by atoms with Gasteiger partial charge in [-0.3, -0.25) is 5.41 Å². The van der Waals surface area contributed by atoms with Crippen molar-refractivity contribution in [3.05, 3.63) is 53.6 Å². The number of ether oxygens (including phenoxy) is 2. The van der Waals surface area contributed by atoms with Gasteiger partial charge in [-0.1, -0.05) is 18.2 Å². The van der Waals surface area contributed by atoms with Crippen LogP contribution in [0.1, 0.15) is 25.5 Å². The summed E-state index contributed by atoms with van der Waals surface area (Å²) in [5.74, 6) is 1.35. The molecule has 0 spiro atoms. The monoisotopic (exact) mass is 397 g/mol. The maximum Gasteiger partial charge on any atom is 0.231 e. The molecule has 0 fully saturated rings. The topological polar surface area (TPSA) is 76.8 Å². The van der Waals surface area contributed by atoms with E-state index in [1.54, 1.807) is 0 Å². The molecule has 3 N–H and O–H groups in total. The predicted molar refractivity (Wildman–Crippen MR) is 110 cm³/mol. The highest BCUT2D eigenvalue weighted by molar-refractivity contribution is 5.75. The second kappa shape index (κ2) is 8.31. The number of benzene rings is 2. The molecule has 1 unspecified atom stereocenters. The SMILES string of the molecule is CC[NH+](CC)CCn1c(=N)n(CC(O)c2ccc3c(c2)OCO3)c2ccccc21. The molecule has 1 aliphatic rings. The summed E-state index contributed by atoms with van der Waals surface area (Å²) in [5, 5.41) is 19.7. The van der Waals surface area contributed by atoms with Crippen molar-refractivity contribution in [3.63, 3.8) is 0 Å². The van der Waals surface area contributed by atoms with Gasteiger partial charge in [0.25, 0.3) is 0 Å². The van der Waals surface area contributed by atoms with Gasteiger partial charge in [-0.2, -0.15) is 0 Å². The lowest BCUT2D eigenvalue weighted by Gasteiger charge is -2.16. The molecule has 1 aromatic heterocycles. The standard InChI is InChI=1S/C22H28N4O3/c1-3-24(4-2)11-12-25-17-7-5-6-8-18(17)26(22(25)23)14-19(27)16-9-10-20-21(13-16)29-15-28-20/h5-10,13,19,23,27H,3-4,11-12,14-15H2,1-2H3/p+1. The van der Waals surface area contributed by atoms with Crippen LogP contribution in [0.15, 0.2) is 42.5 Å². The number of quaternary nitrogens is 1. The van der Waals surface area contributed by atoms with Crippen molar-refractivity contribution in [2.45, 2.75) is 33.0 Å². The zero-order valence-electron chi connectivity index (χ0n) is 17.0. The summed E-state index contributed by atoms with van der Waals surface area (Å²) in [6, 6.07) is 13.5. The molecule has 0 radical (unpaired) electrons. The number of fused-ring (bicyclic) bond motifs is 2. The van der Waals surface area contributed by atoms with Gasteiger partial charge in [-0.25, -0.2) is 0 Å². The summed E-state index contributed by atoms with van der Waals surface area (Å²) < 4.78 is 14.7. The van der Waals surface area contributed by atoms with E-state index in [2.05, 4.69) is 13.8 Å². The average molecular weight is 397 g/mol. The zero-order chi connectivity index (χ0) is 20.4. The smallest absolute Gasteiger partial charge is 0.231 e. The van der Waals surface area contributed by atoms with Gasteiger partial charge in [0, 0.05) is 0 Å². The molecule has 154 valence electrons. The molecule has 29 heavy (non-hydrogen) atoms. The molecule has 0 amide bonds. The summed E-state index contributed by atoms with van der Waals surface area (Å²) in [5.41, 5.74) is 3.16. The fourth-order valence-electron chi connectivity index (χ4n) is 3.98. The second-order valence-electron chi connectivity index (χ2n) is 7.41. The van der Waals surface area contributed by atoms with Gasteiger partial charge >= 0.3 is 0 Å². The fraction of sp³-hybridized carbons (Fsp3) is 0.409. The van der Waals surface area contributed by atoms with Crippen LogP contribution in [0, 0.1) is 5.41 Å². The Kier molecular flexibility index (Phi) is 5.60. The van der Waals surface area contributed by atoms with E-state index < -0.39 is 6.10 Å². The zero-order valence-corrected chi connectivity index (χ0v) is 17.0. The molecule has 0 saturated heterocycles. The normalized spacial score (nSPS) is 14.1. The van der Waals surface area contributed by atoms with Gasteiger partial charge < -0.3 is 28.6 Å². The van der Waals surface area contributed by atoms with Crippen LogP contribution in [0.2, 0.25) is 0 Å². The van der Waals surface area contributed by atoms with E-state index in [0.717, 1.165) is 42.8 Å². The molecule has 2 aromatic carbocycles. The van der Waals surface area contributed by atoms with E-state index in [9.17, 15) is 5.11 Å². The highest BCUT2D eigenvalue weighted by Gasteiger charge is 2.19. The van der Waals surface area contributed by atoms with Crippen LogP contribution >= 0.6 is 0 Å². The van der Waals surface area contributed by atoms with E-state index in [-0.39, 0.29) is 6.79 Å². The number of para-hydroxylation sites is 2. The third-order valence-electron chi connectivity index (χ3n) is 5.80. The summed E-state index contributed by atoms with van der Waals surface area (Å²) in [4.78, 5) is 1.51. The minimum atomic E-state index is -0.744. The number of aromatic nitrogens is 2. The Morgan fingerprint density at radius 3 is 2.45 bits per heavy atom. The molecule has 1 atom stereocenters. The van der Waals surface area contributed by atoms with Crippen LogP contribution in [0.4, 0.5) is 0 Å². The lowest BCUT2D eigenvalue weighted by atomic mass is 10.1. The van der Waals surface area contributed by atoms with Gasteiger partial charge in [0.2, 0.25) is 12.4 Å². The third kappa shape index (κ3) is 3.75. The van der Waals surface area contributed by atoms with Crippen molar-refractivity contribution < 1.29 is 19.5 Å².